The maximum absolute atomic E-state index is 10.8. The molecule has 108 valence electrons. The van der Waals surface area contributed by atoms with Crippen molar-refractivity contribution in [2.24, 2.45) is 0 Å². The number of hydrogen-bond donors (Lipinski definition) is 1. The van der Waals surface area contributed by atoms with Crippen LogP contribution in [0.15, 0.2) is 24.7 Å². The summed E-state index contributed by atoms with van der Waals surface area (Å²) in [5.74, 6) is 0.602. The predicted octanol–water partition coefficient (Wildman–Crippen LogP) is 2.51. The highest BCUT2D eigenvalue weighted by Crippen LogP contribution is 2.33. The monoisotopic (exact) mass is 275 g/mol. The van der Waals surface area contributed by atoms with Crippen LogP contribution in [0.4, 0.5) is 0 Å². The van der Waals surface area contributed by atoms with E-state index >= 15 is 0 Å². The lowest BCUT2D eigenvalue weighted by atomic mass is 10.00. The Morgan fingerprint density at radius 3 is 2.70 bits per heavy atom. The molecule has 1 N–H and O–H groups in total. The Kier molecular flexibility index (Phi) is 4.39. The van der Waals surface area contributed by atoms with Crippen LogP contribution >= 0.6 is 0 Å². The van der Waals surface area contributed by atoms with Crippen molar-refractivity contribution in [1.82, 2.24) is 14.8 Å². The fraction of sp³-hybridized carbons (Fsp3) is 0.467. The molecule has 0 aromatic carbocycles. The first-order chi connectivity index (χ1) is 9.60. The Morgan fingerprint density at radius 2 is 2.10 bits per heavy atom. The van der Waals surface area contributed by atoms with Crippen molar-refractivity contribution in [3.8, 4) is 5.75 Å². The minimum Gasteiger partial charge on any atom is -0.493 e. The number of hydrogen-bond acceptors (Lipinski definition) is 4. The van der Waals surface area contributed by atoms with E-state index in [0.29, 0.717) is 11.4 Å². The summed E-state index contributed by atoms with van der Waals surface area (Å²) < 4.78 is 7.13. The standard InChI is InChI=1S/C15H21N3O2/c1-5-11-8-16-7-6-12(11)15(19)14-13(20-4)9-17-18(14)10(2)3/h6-10,15,19H,5H2,1-4H3. The summed E-state index contributed by atoms with van der Waals surface area (Å²) in [5, 5.41) is 15.1. The minimum absolute atomic E-state index is 0.149. The molecule has 1 atom stereocenters. The number of aliphatic hydroxyl groups excluding tert-OH is 1. The van der Waals surface area contributed by atoms with Crippen molar-refractivity contribution in [3.05, 3.63) is 41.5 Å². The molecule has 0 amide bonds. The quantitative estimate of drug-likeness (QED) is 0.911. The van der Waals surface area contributed by atoms with E-state index in [1.54, 1.807) is 30.4 Å². The molecular weight excluding hydrogens is 254 g/mol. The summed E-state index contributed by atoms with van der Waals surface area (Å²) in [6.45, 7) is 6.09. The number of methoxy groups -OCH3 is 1. The number of pyridine rings is 1. The van der Waals surface area contributed by atoms with Gasteiger partial charge in [0.25, 0.3) is 0 Å². The Bertz CT molecular complexity index is 578. The highest BCUT2D eigenvalue weighted by Gasteiger charge is 2.24. The predicted molar refractivity (Wildman–Crippen MR) is 76.8 cm³/mol. The maximum Gasteiger partial charge on any atom is 0.163 e. The van der Waals surface area contributed by atoms with E-state index in [4.69, 9.17) is 4.74 Å². The molecular formula is C15H21N3O2. The molecule has 20 heavy (non-hydrogen) atoms. The zero-order valence-corrected chi connectivity index (χ0v) is 12.4. The van der Waals surface area contributed by atoms with Crippen LogP contribution in [-0.2, 0) is 6.42 Å². The molecule has 1 unspecified atom stereocenters. The van der Waals surface area contributed by atoms with Crippen molar-refractivity contribution in [2.75, 3.05) is 7.11 Å². The average molecular weight is 275 g/mol. The second kappa shape index (κ2) is 6.05. The van der Waals surface area contributed by atoms with Gasteiger partial charge in [0.2, 0.25) is 0 Å². The van der Waals surface area contributed by atoms with Gasteiger partial charge in [0.15, 0.2) is 5.75 Å². The van der Waals surface area contributed by atoms with Gasteiger partial charge < -0.3 is 9.84 Å². The molecule has 0 radical (unpaired) electrons. The molecule has 0 saturated carbocycles. The summed E-state index contributed by atoms with van der Waals surface area (Å²) in [5.41, 5.74) is 2.56. The Hall–Kier alpha value is -1.88. The van der Waals surface area contributed by atoms with Crippen molar-refractivity contribution in [1.29, 1.82) is 0 Å². The van der Waals surface area contributed by atoms with Crippen molar-refractivity contribution in [2.45, 2.75) is 39.3 Å². The minimum atomic E-state index is -0.771. The van der Waals surface area contributed by atoms with Gasteiger partial charge in [-0.3, -0.25) is 9.67 Å². The molecule has 0 bridgehead atoms. The number of aryl methyl sites for hydroxylation is 1. The fourth-order valence-corrected chi connectivity index (χ4v) is 2.33. The molecule has 0 fully saturated rings. The van der Waals surface area contributed by atoms with E-state index in [1.165, 1.54) is 0 Å². The first-order valence-corrected chi connectivity index (χ1v) is 6.82. The topological polar surface area (TPSA) is 60.2 Å². The van der Waals surface area contributed by atoms with E-state index in [2.05, 4.69) is 10.1 Å². The third-order valence-corrected chi connectivity index (χ3v) is 3.38. The van der Waals surface area contributed by atoms with Crippen LogP contribution in [0.25, 0.3) is 0 Å². The molecule has 5 nitrogen and oxygen atoms in total. The van der Waals surface area contributed by atoms with Crippen LogP contribution in [0, 0.1) is 0 Å². The molecule has 0 aliphatic carbocycles. The van der Waals surface area contributed by atoms with Crippen molar-refractivity contribution in [3.63, 3.8) is 0 Å². The maximum atomic E-state index is 10.8. The molecule has 0 spiro atoms. The first kappa shape index (κ1) is 14.5. The van der Waals surface area contributed by atoms with Crippen LogP contribution in [0.2, 0.25) is 0 Å². The summed E-state index contributed by atoms with van der Waals surface area (Å²) in [4.78, 5) is 4.12. The van der Waals surface area contributed by atoms with Crippen LogP contribution in [0.3, 0.4) is 0 Å². The summed E-state index contributed by atoms with van der Waals surface area (Å²) in [6, 6.07) is 2.00. The van der Waals surface area contributed by atoms with Gasteiger partial charge >= 0.3 is 0 Å². The van der Waals surface area contributed by atoms with Gasteiger partial charge in [0, 0.05) is 18.4 Å². The molecule has 2 rings (SSSR count). The molecule has 0 aliphatic rings. The van der Waals surface area contributed by atoms with Gasteiger partial charge in [-0.15, -0.1) is 0 Å². The van der Waals surface area contributed by atoms with Crippen LogP contribution in [-0.4, -0.2) is 27.0 Å². The van der Waals surface area contributed by atoms with Crippen LogP contribution < -0.4 is 4.74 Å². The normalized spacial score (nSPS) is 12.7. The summed E-state index contributed by atoms with van der Waals surface area (Å²) >= 11 is 0. The van der Waals surface area contributed by atoms with E-state index in [9.17, 15) is 5.11 Å². The number of aliphatic hydroxyl groups is 1. The van der Waals surface area contributed by atoms with Crippen LogP contribution in [0.5, 0.6) is 5.75 Å². The van der Waals surface area contributed by atoms with E-state index in [0.717, 1.165) is 17.5 Å². The second-order valence-corrected chi connectivity index (χ2v) is 4.97. The number of nitrogens with zero attached hydrogens (tertiary/aromatic N) is 3. The summed E-state index contributed by atoms with van der Waals surface area (Å²) in [6.07, 6.45) is 5.18. The molecule has 2 aromatic heterocycles. The molecule has 5 heteroatoms. The third-order valence-electron chi connectivity index (χ3n) is 3.38. The van der Waals surface area contributed by atoms with Crippen LogP contribution in [0.1, 0.15) is 49.7 Å². The van der Waals surface area contributed by atoms with Gasteiger partial charge in [-0.05, 0) is 37.5 Å². The molecule has 2 heterocycles. The van der Waals surface area contributed by atoms with Crippen molar-refractivity contribution < 1.29 is 9.84 Å². The van der Waals surface area contributed by atoms with E-state index in [1.807, 2.05) is 26.8 Å². The van der Waals surface area contributed by atoms with Gasteiger partial charge in [0.1, 0.15) is 11.8 Å². The third kappa shape index (κ3) is 2.54. The van der Waals surface area contributed by atoms with Gasteiger partial charge in [-0.2, -0.15) is 5.10 Å². The number of ether oxygens (including phenoxy) is 1. The Morgan fingerprint density at radius 1 is 1.35 bits per heavy atom. The second-order valence-electron chi connectivity index (χ2n) is 4.97. The van der Waals surface area contributed by atoms with Crippen molar-refractivity contribution >= 4 is 0 Å². The Labute approximate surface area is 119 Å². The molecule has 2 aromatic rings. The summed E-state index contributed by atoms with van der Waals surface area (Å²) in [7, 11) is 1.59. The average Bonchev–Trinajstić information content (AvgIpc) is 2.90. The van der Waals surface area contributed by atoms with E-state index in [-0.39, 0.29) is 6.04 Å². The Balaban J connectivity index is 2.52. The number of aromatic nitrogens is 3. The zero-order valence-electron chi connectivity index (χ0n) is 12.4. The van der Waals surface area contributed by atoms with Gasteiger partial charge in [-0.25, -0.2) is 0 Å². The zero-order chi connectivity index (χ0) is 14.7. The fourth-order valence-electron chi connectivity index (χ4n) is 2.33. The highest BCUT2D eigenvalue weighted by molar-refractivity contribution is 5.37. The van der Waals surface area contributed by atoms with E-state index < -0.39 is 6.10 Å². The smallest absolute Gasteiger partial charge is 0.163 e. The lowest BCUT2D eigenvalue weighted by Gasteiger charge is -2.19. The SMILES string of the molecule is CCc1cnccc1C(O)c1c(OC)cnn1C(C)C. The molecule has 0 aliphatic heterocycles. The molecule has 0 saturated heterocycles. The highest BCUT2D eigenvalue weighted by atomic mass is 16.5. The lowest BCUT2D eigenvalue weighted by Crippen LogP contribution is -2.14. The van der Waals surface area contributed by atoms with Gasteiger partial charge in [0.05, 0.1) is 13.3 Å². The van der Waals surface area contributed by atoms with Gasteiger partial charge in [-0.1, -0.05) is 6.92 Å². The lowest BCUT2D eigenvalue weighted by molar-refractivity contribution is 0.198. The largest absolute Gasteiger partial charge is 0.493 e. The number of rotatable bonds is 5. The first-order valence-electron chi connectivity index (χ1n) is 6.82.